The van der Waals surface area contributed by atoms with Crippen LogP contribution < -0.4 is 10.1 Å². The van der Waals surface area contributed by atoms with E-state index in [9.17, 15) is 14.4 Å². The molecule has 1 saturated heterocycles. The number of nitrogens with one attached hydrogen (secondary N) is 2. The minimum Gasteiger partial charge on any atom is -0.496 e. The van der Waals surface area contributed by atoms with Crippen molar-refractivity contribution in [2.75, 3.05) is 33.4 Å². The Morgan fingerprint density at radius 3 is 2.64 bits per heavy atom. The highest BCUT2D eigenvalue weighted by Gasteiger charge is 2.58. The first-order chi connectivity index (χ1) is 21.3. The number of methoxy groups -OCH3 is 1. The molecule has 0 radical (unpaired) electrons. The van der Waals surface area contributed by atoms with Gasteiger partial charge in [-0.1, -0.05) is 32.8 Å². The molecule has 2 unspecified atom stereocenters. The Bertz CT molecular complexity index is 1310. The van der Waals surface area contributed by atoms with Crippen LogP contribution in [0, 0.1) is 17.3 Å². The summed E-state index contributed by atoms with van der Waals surface area (Å²) in [5.41, 5.74) is 2.93. The molecule has 1 aromatic heterocycles. The van der Waals surface area contributed by atoms with Crippen LogP contribution in [0.4, 0.5) is 0 Å². The van der Waals surface area contributed by atoms with Crippen LogP contribution in [0.15, 0.2) is 24.4 Å². The summed E-state index contributed by atoms with van der Waals surface area (Å²) in [5, 5.41) is 3.37. The average Bonchev–Trinajstić information content (AvgIpc) is 3.93. The number of imidazole rings is 1. The Morgan fingerprint density at radius 1 is 1.14 bits per heavy atom. The molecular weight excluding hydrogens is 556 g/mol. The summed E-state index contributed by atoms with van der Waals surface area (Å²) in [6.45, 7) is 9.55. The van der Waals surface area contributed by atoms with Gasteiger partial charge in [-0.3, -0.25) is 14.4 Å². The fraction of sp³-hybridized carbons (Fsp3) is 0.657. The summed E-state index contributed by atoms with van der Waals surface area (Å²) >= 11 is 0. The second-order valence-corrected chi connectivity index (χ2v) is 12.9. The van der Waals surface area contributed by atoms with Crippen molar-refractivity contribution in [2.45, 2.75) is 96.9 Å². The molecule has 3 fully saturated rings. The maximum Gasteiger partial charge on any atom is 0.309 e. The Balaban J connectivity index is 1.29. The highest BCUT2D eigenvalue weighted by Crippen LogP contribution is 2.59. The van der Waals surface area contributed by atoms with Gasteiger partial charge in [0.2, 0.25) is 5.91 Å². The van der Waals surface area contributed by atoms with E-state index in [2.05, 4.69) is 28.2 Å². The first-order valence-electron chi connectivity index (χ1n) is 16.8. The second-order valence-electron chi connectivity index (χ2n) is 12.9. The van der Waals surface area contributed by atoms with Crippen LogP contribution in [0.1, 0.15) is 108 Å². The molecule has 2 aromatic rings. The van der Waals surface area contributed by atoms with Gasteiger partial charge in [0.15, 0.2) is 0 Å². The number of piperidine rings is 1. The molecule has 5 rings (SSSR count). The van der Waals surface area contributed by atoms with E-state index < -0.39 is 0 Å². The number of carbonyl (C=O) groups excluding carboxylic acids is 3. The number of nitrogens with zero attached hydrogens (tertiary/aromatic N) is 2. The zero-order valence-electron chi connectivity index (χ0n) is 27.0. The van der Waals surface area contributed by atoms with E-state index in [-0.39, 0.29) is 41.1 Å². The molecule has 240 valence electrons. The highest BCUT2D eigenvalue weighted by molar-refractivity contribution is 5.83. The normalized spacial score (nSPS) is 22.8. The molecule has 2 aliphatic carbocycles. The Labute approximate surface area is 261 Å². The standard InChI is InChI=1S/C35H50N4O5/c1-5-24(40)11-9-8-10-12-29(38-33(41)28-21-35(28)15-17-39(6-2)18-16-35)32-36-22-30(37-32)27-19-23(13-14-31(27)43-4)25-20-26(25)34(42)44-7-3/h13-14,19,22,25-26,28-29H,5-12,15-18,20-21H2,1-4H3,(H,36,37)(H,38,41)/t25?,26?,28-,29+/m1/s1. The number of hydrogen-bond donors (Lipinski definition) is 2. The fourth-order valence-corrected chi connectivity index (χ4v) is 7.05. The van der Waals surface area contributed by atoms with Gasteiger partial charge < -0.3 is 24.7 Å². The van der Waals surface area contributed by atoms with Crippen molar-refractivity contribution in [1.82, 2.24) is 20.2 Å². The number of hydrogen-bond acceptors (Lipinski definition) is 7. The molecule has 1 aliphatic heterocycles. The van der Waals surface area contributed by atoms with E-state index in [0.29, 0.717) is 25.2 Å². The molecule has 2 heterocycles. The van der Waals surface area contributed by atoms with E-state index in [0.717, 1.165) is 99.4 Å². The summed E-state index contributed by atoms with van der Waals surface area (Å²) in [6, 6.07) is 5.80. The van der Waals surface area contributed by atoms with Gasteiger partial charge in [0, 0.05) is 24.3 Å². The van der Waals surface area contributed by atoms with Crippen molar-refractivity contribution in [2.24, 2.45) is 17.3 Å². The van der Waals surface area contributed by atoms with Gasteiger partial charge in [0.25, 0.3) is 0 Å². The number of benzene rings is 1. The van der Waals surface area contributed by atoms with Crippen LogP contribution in [-0.4, -0.2) is 65.9 Å². The van der Waals surface area contributed by atoms with Gasteiger partial charge in [-0.05, 0) is 94.1 Å². The number of carbonyl (C=O) groups is 3. The molecule has 2 N–H and O–H groups in total. The molecule has 1 spiro atoms. The van der Waals surface area contributed by atoms with Gasteiger partial charge >= 0.3 is 5.97 Å². The van der Waals surface area contributed by atoms with Crippen LogP contribution in [-0.2, 0) is 19.1 Å². The predicted molar refractivity (Wildman–Crippen MR) is 169 cm³/mol. The van der Waals surface area contributed by atoms with E-state index in [1.54, 1.807) is 7.11 Å². The van der Waals surface area contributed by atoms with E-state index in [4.69, 9.17) is 14.5 Å². The number of rotatable bonds is 16. The number of Topliss-reactive ketones (excluding diaryl/α,β-unsaturated/α-hetero) is 1. The highest BCUT2D eigenvalue weighted by atomic mass is 16.5. The van der Waals surface area contributed by atoms with Crippen molar-refractivity contribution < 1.29 is 23.9 Å². The zero-order chi connectivity index (χ0) is 31.3. The third-order valence-corrected chi connectivity index (χ3v) is 10.2. The quantitative estimate of drug-likeness (QED) is 0.179. The van der Waals surface area contributed by atoms with Gasteiger partial charge in [-0.15, -0.1) is 0 Å². The Kier molecular flexibility index (Phi) is 10.4. The number of H-pyrrole nitrogens is 1. The minimum atomic E-state index is -0.239. The lowest BCUT2D eigenvalue weighted by Crippen LogP contribution is -2.37. The van der Waals surface area contributed by atoms with Crippen LogP contribution in [0.3, 0.4) is 0 Å². The monoisotopic (exact) mass is 606 g/mol. The smallest absolute Gasteiger partial charge is 0.309 e. The first-order valence-corrected chi connectivity index (χ1v) is 16.8. The number of likely N-dealkylation sites (tertiary alicyclic amines) is 1. The van der Waals surface area contributed by atoms with Crippen LogP contribution in [0.5, 0.6) is 5.75 Å². The average molecular weight is 607 g/mol. The SMILES string of the molecule is CCOC(=O)C1CC1c1ccc(OC)c(-c2cnc([C@H](CCCCCC(=O)CC)NC(=O)[C@H]3CC34CCN(CC)CC4)[nH]2)c1. The summed E-state index contributed by atoms with van der Waals surface area (Å²) in [4.78, 5) is 48.4. The molecule has 9 nitrogen and oxygen atoms in total. The van der Waals surface area contributed by atoms with E-state index >= 15 is 0 Å². The van der Waals surface area contributed by atoms with E-state index in [1.807, 2.05) is 32.2 Å². The summed E-state index contributed by atoms with van der Waals surface area (Å²) < 4.78 is 10.9. The fourth-order valence-electron chi connectivity index (χ4n) is 7.05. The number of ketones is 1. The van der Waals surface area contributed by atoms with Crippen molar-refractivity contribution >= 4 is 17.7 Å². The molecular formula is C35H50N4O5. The van der Waals surface area contributed by atoms with Crippen molar-refractivity contribution in [3.63, 3.8) is 0 Å². The number of aromatic nitrogens is 2. The Morgan fingerprint density at radius 2 is 1.93 bits per heavy atom. The molecule has 1 aromatic carbocycles. The zero-order valence-corrected chi connectivity index (χ0v) is 27.0. The lowest BCUT2D eigenvalue weighted by Gasteiger charge is -2.32. The van der Waals surface area contributed by atoms with Gasteiger partial charge in [-0.2, -0.15) is 0 Å². The summed E-state index contributed by atoms with van der Waals surface area (Å²) in [5.74, 6) is 1.87. The molecule has 44 heavy (non-hydrogen) atoms. The van der Waals surface area contributed by atoms with Crippen LogP contribution in [0.2, 0.25) is 0 Å². The maximum absolute atomic E-state index is 13.6. The topological polar surface area (TPSA) is 114 Å². The lowest BCUT2D eigenvalue weighted by atomic mass is 9.90. The summed E-state index contributed by atoms with van der Waals surface area (Å²) in [6.07, 6.45) is 10.4. The third kappa shape index (κ3) is 7.36. The van der Waals surface area contributed by atoms with E-state index in [1.165, 1.54) is 0 Å². The molecule has 2 saturated carbocycles. The lowest BCUT2D eigenvalue weighted by molar-refractivity contribution is -0.144. The van der Waals surface area contributed by atoms with Crippen LogP contribution in [0.25, 0.3) is 11.3 Å². The van der Waals surface area contributed by atoms with Gasteiger partial charge in [0.05, 0.1) is 37.6 Å². The molecule has 4 atom stereocenters. The summed E-state index contributed by atoms with van der Waals surface area (Å²) in [7, 11) is 1.65. The number of esters is 1. The number of unbranched alkanes of at least 4 members (excludes halogenated alkanes) is 2. The van der Waals surface area contributed by atoms with Crippen molar-refractivity contribution in [3.8, 4) is 17.0 Å². The molecule has 3 aliphatic rings. The van der Waals surface area contributed by atoms with Crippen molar-refractivity contribution in [1.29, 1.82) is 0 Å². The van der Waals surface area contributed by atoms with Crippen LogP contribution >= 0.6 is 0 Å². The minimum absolute atomic E-state index is 0.0725. The Hall–Kier alpha value is -3.20. The number of aromatic amines is 1. The first kappa shape index (κ1) is 32.2. The predicted octanol–water partition coefficient (Wildman–Crippen LogP) is 5.96. The maximum atomic E-state index is 13.6. The van der Waals surface area contributed by atoms with Gasteiger partial charge in [0.1, 0.15) is 17.4 Å². The molecule has 0 bridgehead atoms. The number of ether oxygens (including phenoxy) is 2. The van der Waals surface area contributed by atoms with Crippen molar-refractivity contribution in [3.05, 3.63) is 35.8 Å². The van der Waals surface area contributed by atoms with Gasteiger partial charge in [-0.25, -0.2) is 4.98 Å². The number of amides is 1. The second kappa shape index (κ2) is 14.3. The molecule has 9 heteroatoms. The largest absolute Gasteiger partial charge is 0.496 e. The molecule has 1 amide bonds. The third-order valence-electron chi connectivity index (χ3n) is 10.2.